The number of hydrogen-bond acceptors (Lipinski definition) is 3. The number of rotatable bonds is 2. The highest BCUT2D eigenvalue weighted by atomic mass is 16.6. The largest absolute Gasteiger partial charge is 0.449 e. The van der Waals surface area contributed by atoms with Gasteiger partial charge in [0.15, 0.2) is 0 Å². The normalized spacial score (nSPS) is 20.2. The van der Waals surface area contributed by atoms with Crippen molar-refractivity contribution in [1.29, 1.82) is 0 Å². The lowest BCUT2D eigenvalue weighted by molar-refractivity contribution is -0.125. The zero-order valence-corrected chi connectivity index (χ0v) is 6.85. The first kappa shape index (κ1) is 8.33. The summed E-state index contributed by atoms with van der Waals surface area (Å²) in [4.78, 5) is 10.6. The molecular formula is C7H13NO3. The fourth-order valence-electron chi connectivity index (χ4n) is 0.846. The number of carbonyl (C=O) groups excluding carboxylic acids is 1. The van der Waals surface area contributed by atoms with Gasteiger partial charge in [0.05, 0.1) is 13.2 Å². The minimum atomic E-state index is -0.377. The fourth-order valence-corrected chi connectivity index (χ4v) is 0.846. The van der Waals surface area contributed by atoms with Crippen LogP contribution in [0.1, 0.15) is 6.92 Å². The lowest BCUT2D eigenvalue weighted by Gasteiger charge is -2.36. The summed E-state index contributed by atoms with van der Waals surface area (Å²) in [6.07, 6.45) is -0.377. The second-order valence-corrected chi connectivity index (χ2v) is 3.13. The molecule has 0 aromatic carbocycles. The van der Waals surface area contributed by atoms with Gasteiger partial charge in [-0.05, 0) is 0 Å². The van der Waals surface area contributed by atoms with Gasteiger partial charge < -0.3 is 14.8 Å². The monoisotopic (exact) mass is 159 g/mol. The van der Waals surface area contributed by atoms with Crippen LogP contribution in [0.2, 0.25) is 0 Å². The molecule has 0 radical (unpaired) electrons. The van der Waals surface area contributed by atoms with E-state index >= 15 is 0 Å². The molecule has 1 aliphatic heterocycles. The molecule has 0 unspecified atom stereocenters. The van der Waals surface area contributed by atoms with Gasteiger partial charge in [0, 0.05) is 12.5 Å². The third-order valence-corrected chi connectivity index (χ3v) is 1.66. The Labute approximate surface area is 65.9 Å². The van der Waals surface area contributed by atoms with Crippen molar-refractivity contribution in [1.82, 2.24) is 5.32 Å². The third-order valence-electron chi connectivity index (χ3n) is 1.66. The highest BCUT2D eigenvalue weighted by molar-refractivity contribution is 5.66. The van der Waals surface area contributed by atoms with Crippen molar-refractivity contribution in [2.45, 2.75) is 6.92 Å². The Hall–Kier alpha value is -0.770. The van der Waals surface area contributed by atoms with Gasteiger partial charge in [-0.15, -0.1) is 0 Å². The standard InChI is InChI=1S/C7H13NO3/c1-7(3-10-4-7)5-11-6(9)8-2/h3-5H2,1-2H3,(H,8,9). The molecule has 64 valence electrons. The van der Waals surface area contributed by atoms with Crippen LogP contribution in [0.25, 0.3) is 0 Å². The summed E-state index contributed by atoms with van der Waals surface area (Å²) in [6, 6.07) is 0. The summed E-state index contributed by atoms with van der Waals surface area (Å²) >= 11 is 0. The second-order valence-electron chi connectivity index (χ2n) is 3.13. The molecule has 0 bridgehead atoms. The first-order chi connectivity index (χ1) is 5.16. The molecule has 1 aliphatic rings. The van der Waals surface area contributed by atoms with Gasteiger partial charge in [0.1, 0.15) is 6.61 Å². The number of alkyl carbamates (subject to hydrolysis) is 1. The Morgan fingerprint density at radius 2 is 2.36 bits per heavy atom. The molecule has 0 spiro atoms. The van der Waals surface area contributed by atoms with Crippen LogP contribution in [0.5, 0.6) is 0 Å². The van der Waals surface area contributed by atoms with Crippen LogP contribution in [0.15, 0.2) is 0 Å². The maximum absolute atomic E-state index is 10.6. The summed E-state index contributed by atoms with van der Waals surface area (Å²) in [5.41, 5.74) is 0.0481. The molecule has 1 heterocycles. The fraction of sp³-hybridized carbons (Fsp3) is 0.857. The molecule has 1 rings (SSSR count). The minimum Gasteiger partial charge on any atom is -0.449 e. The zero-order valence-electron chi connectivity index (χ0n) is 6.85. The molecule has 1 amide bonds. The Morgan fingerprint density at radius 1 is 1.73 bits per heavy atom. The summed E-state index contributed by atoms with van der Waals surface area (Å²) in [5.74, 6) is 0. The predicted molar refractivity (Wildman–Crippen MR) is 39.3 cm³/mol. The van der Waals surface area contributed by atoms with Crippen molar-refractivity contribution in [3.63, 3.8) is 0 Å². The minimum absolute atomic E-state index is 0.0481. The summed E-state index contributed by atoms with van der Waals surface area (Å²) in [6.45, 7) is 3.83. The molecule has 0 aliphatic carbocycles. The van der Waals surface area contributed by atoms with Crippen LogP contribution in [0.4, 0.5) is 4.79 Å². The smallest absolute Gasteiger partial charge is 0.406 e. The SMILES string of the molecule is CNC(=O)OCC1(C)COC1. The van der Waals surface area contributed by atoms with E-state index in [-0.39, 0.29) is 11.5 Å². The Bertz CT molecular complexity index is 154. The number of ether oxygens (including phenoxy) is 2. The van der Waals surface area contributed by atoms with Gasteiger partial charge in [0.25, 0.3) is 0 Å². The number of nitrogens with one attached hydrogen (secondary N) is 1. The molecule has 4 heteroatoms. The molecule has 1 saturated heterocycles. The predicted octanol–water partition coefficient (Wildman–Crippen LogP) is 0.379. The number of hydrogen-bond donors (Lipinski definition) is 1. The van der Waals surface area contributed by atoms with E-state index in [1.165, 1.54) is 0 Å². The second kappa shape index (κ2) is 3.09. The van der Waals surface area contributed by atoms with Crippen LogP contribution in [0.3, 0.4) is 0 Å². The van der Waals surface area contributed by atoms with Crippen LogP contribution in [-0.2, 0) is 9.47 Å². The Morgan fingerprint density at radius 3 is 2.73 bits per heavy atom. The zero-order chi connectivity index (χ0) is 8.32. The van der Waals surface area contributed by atoms with E-state index < -0.39 is 0 Å². The molecule has 0 atom stereocenters. The molecule has 0 saturated carbocycles. The van der Waals surface area contributed by atoms with Crippen molar-refractivity contribution < 1.29 is 14.3 Å². The average Bonchev–Trinajstić information content (AvgIpc) is 1.96. The van der Waals surface area contributed by atoms with E-state index in [0.717, 1.165) is 0 Å². The van der Waals surface area contributed by atoms with Crippen LogP contribution in [-0.4, -0.2) is 33.0 Å². The summed E-state index contributed by atoms with van der Waals surface area (Å²) in [5, 5.41) is 2.38. The summed E-state index contributed by atoms with van der Waals surface area (Å²) < 4.78 is 9.86. The van der Waals surface area contributed by atoms with E-state index in [1.54, 1.807) is 7.05 Å². The van der Waals surface area contributed by atoms with Crippen LogP contribution < -0.4 is 5.32 Å². The molecule has 4 nitrogen and oxygen atoms in total. The number of carbonyl (C=O) groups is 1. The number of amides is 1. The van der Waals surface area contributed by atoms with Gasteiger partial charge in [-0.1, -0.05) is 6.92 Å². The maximum atomic E-state index is 10.6. The molecule has 1 N–H and O–H groups in total. The third kappa shape index (κ3) is 2.08. The van der Waals surface area contributed by atoms with Crippen molar-refractivity contribution >= 4 is 6.09 Å². The van der Waals surface area contributed by atoms with E-state index in [9.17, 15) is 4.79 Å². The lowest BCUT2D eigenvalue weighted by atomic mass is 9.90. The van der Waals surface area contributed by atoms with E-state index in [2.05, 4.69) is 5.32 Å². The first-order valence-corrected chi connectivity index (χ1v) is 3.58. The highest BCUT2D eigenvalue weighted by Crippen LogP contribution is 2.26. The van der Waals surface area contributed by atoms with Gasteiger partial charge in [-0.2, -0.15) is 0 Å². The van der Waals surface area contributed by atoms with Gasteiger partial charge in [-0.25, -0.2) is 4.79 Å². The molecule has 1 fully saturated rings. The van der Waals surface area contributed by atoms with Crippen LogP contribution in [0, 0.1) is 5.41 Å². The molecule has 0 aromatic heterocycles. The molecule has 0 aromatic rings. The quantitative estimate of drug-likeness (QED) is 0.633. The summed E-state index contributed by atoms with van der Waals surface area (Å²) in [7, 11) is 1.54. The topological polar surface area (TPSA) is 47.6 Å². The Balaban J connectivity index is 2.16. The van der Waals surface area contributed by atoms with E-state index in [1.807, 2.05) is 6.92 Å². The van der Waals surface area contributed by atoms with Crippen molar-refractivity contribution in [3.05, 3.63) is 0 Å². The first-order valence-electron chi connectivity index (χ1n) is 3.58. The van der Waals surface area contributed by atoms with Gasteiger partial charge in [-0.3, -0.25) is 0 Å². The van der Waals surface area contributed by atoms with Crippen LogP contribution >= 0.6 is 0 Å². The molecular weight excluding hydrogens is 146 g/mol. The Kier molecular flexibility index (Phi) is 2.34. The highest BCUT2D eigenvalue weighted by Gasteiger charge is 2.34. The lowest BCUT2D eigenvalue weighted by Crippen LogP contribution is -2.44. The van der Waals surface area contributed by atoms with Gasteiger partial charge in [0.2, 0.25) is 0 Å². The van der Waals surface area contributed by atoms with E-state index in [4.69, 9.17) is 9.47 Å². The maximum Gasteiger partial charge on any atom is 0.406 e. The van der Waals surface area contributed by atoms with Crippen molar-refractivity contribution in [2.24, 2.45) is 5.41 Å². The molecule has 11 heavy (non-hydrogen) atoms. The average molecular weight is 159 g/mol. The van der Waals surface area contributed by atoms with Crippen molar-refractivity contribution in [2.75, 3.05) is 26.9 Å². The van der Waals surface area contributed by atoms with E-state index in [0.29, 0.717) is 19.8 Å². The van der Waals surface area contributed by atoms with Crippen molar-refractivity contribution in [3.8, 4) is 0 Å². The van der Waals surface area contributed by atoms with Gasteiger partial charge >= 0.3 is 6.09 Å².